The summed E-state index contributed by atoms with van der Waals surface area (Å²) >= 11 is 6.22. The van der Waals surface area contributed by atoms with Gasteiger partial charge in [0.25, 0.3) is 0 Å². The molecule has 0 saturated heterocycles. The van der Waals surface area contributed by atoms with Gasteiger partial charge in [0.2, 0.25) is 0 Å². The lowest BCUT2D eigenvalue weighted by Gasteiger charge is -2.16. The van der Waals surface area contributed by atoms with Crippen LogP contribution in [0.15, 0.2) is 0 Å². The zero-order valence-corrected chi connectivity index (χ0v) is 10.5. The minimum Gasteiger partial charge on any atom is -0.476 e. The molecule has 1 N–H and O–H groups in total. The third-order valence-electron chi connectivity index (χ3n) is 2.95. The molecule has 0 unspecified atom stereocenters. The molecule has 5 nitrogen and oxygen atoms in total. The van der Waals surface area contributed by atoms with Crippen LogP contribution in [0.1, 0.15) is 28.7 Å². The molecule has 0 radical (unpaired) electrons. The summed E-state index contributed by atoms with van der Waals surface area (Å²) in [7, 11) is 1.84. The lowest BCUT2D eigenvalue weighted by molar-refractivity contribution is 0.0691. The lowest BCUT2D eigenvalue weighted by Crippen LogP contribution is -2.09. The maximum absolute atomic E-state index is 11.0. The Balaban J connectivity index is 2.88. The SMILES string of the molecule is CCc1c(C)c(Cl)c2c(C(=O)O)nnc-2n1C. The number of aromatic nitrogens is 3. The average molecular weight is 254 g/mol. The molecule has 0 aromatic heterocycles. The van der Waals surface area contributed by atoms with E-state index in [1.54, 1.807) is 0 Å². The average Bonchev–Trinajstić information content (AvgIpc) is 2.71. The van der Waals surface area contributed by atoms with Gasteiger partial charge in [-0.1, -0.05) is 18.5 Å². The number of fused-ring (bicyclic) bond motifs is 1. The van der Waals surface area contributed by atoms with Crippen molar-refractivity contribution < 1.29 is 9.90 Å². The zero-order valence-electron chi connectivity index (χ0n) is 9.78. The number of carbonyl (C=O) groups is 1. The van der Waals surface area contributed by atoms with Crippen molar-refractivity contribution in [3.05, 3.63) is 22.0 Å². The first kappa shape index (κ1) is 11.9. The molecule has 0 aliphatic carbocycles. The standard InChI is InChI=1S/C11H12ClN3O2/c1-4-6-5(2)8(12)7-9(11(16)17)13-14-10(7)15(6)3/h4H2,1-3H3,(H,16,17). The fourth-order valence-electron chi connectivity index (χ4n) is 2.09. The van der Waals surface area contributed by atoms with Crippen molar-refractivity contribution in [2.24, 2.45) is 7.05 Å². The van der Waals surface area contributed by atoms with Crippen LogP contribution in [0.3, 0.4) is 0 Å². The molecule has 6 heteroatoms. The number of aromatic carboxylic acids is 1. The van der Waals surface area contributed by atoms with Gasteiger partial charge in [-0.05, 0) is 18.9 Å². The van der Waals surface area contributed by atoms with Gasteiger partial charge in [-0.3, -0.25) is 0 Å². The molecule has 2 aliphatic heterocycles. The molecule has 0 fully saturated rings. The maximum Gasteiger partial charge on any atom is 0.357 e. The van der Waals surface area contributed by atoms with Crippen molar-refractivity contribution in [1.29, 1.82) is 0 Å². The maximum atomic E-state index is 11.0. The Hall–Kier alpha value is -1.62. The molecular formula is C11H12ClN3O2. The van der Waals surface area contributed by atoms with Gasteiger partial charge in [-0.25, -0.2) is 4.79 Å². The molecular weight excluding hydrogens is 242 g/mol. The van der Waals surface area contributed by atoms with Crippen molar-refractivity contribution >= 4 is 17.6 Å². The Bertz CT molecular complexity index is 577. The first-order valence-electron chi connectivity index (χ1n) is 5.22. The topological polar surface area (TPSA) is 68.0 Å². The highest BCUT2D eigenvalue weighted by molar-refractivity contribution is 6.34. The fourth-order valence-corrected chi connectivity index (χ4v) is 2.37. The van der Waals surface area contributed by atoms with E-state index in [-0.39, 0.29) is 5.69 Å². The summed E-state index contributed by atoms with van der Waals surface area (Å²) in [4.78, 5) is 11.0. The van der Waals surface area contributed by atoms with Crippen LogP contribution in [0.25, 0.3) is 11.4 Å². The van der Waals surface area contributed by atoms with Gasteiger partial charge in [0.1, 0.15) is 0 Å². The predicted molar refractivity (Wildman–Crippen MR) is 63.7 cm³/mol. The summed E-state index contributed by atoms with van der Waals surface area (Å²) in [5, 5.41) is 17.0. The van der Waals surface area contributed by atoms with Crippen molar-refractivity contribution in [2.45, 2.75) is 20.3 Å². The van der Waals surface area contributed by atoms with Gasteiger partial charge < -0.3 is 9.67 Å². The molecule has 2 heterocycles. The Morgan fingerprint density at radius 2 is 2.12 bits per heavy atom. The number of carboxylic acid groups (broad SMARTS) is 1. The summed E-state index contributed by atoms with van der Waals surface area (Å²) in [5.74, 6) is -0.604. The number of hydrogen-bond donors (Lipinski definition) is 1. The van der Waals surface area contributed by atoms with E-state index in [4.69, 9.17) is 16.7 Å². The summed E-state index contributed by atoms with van der Waals surface area (Å²) in [6, 6.07) is 0. The third kappa shape index (κ3) is 1.58. The number of carboxylic acids is 1. The van der Waals surface area contributed by atoms with Crippen molar-refractivity contribution in [3.8, 4) is 11.4 Å². The Labute approximate surface area is 103 Å². The molecule has 0 aromatic carbocycles. The second kappa shape index (κ2) is 4.00. The van der Waals surface area contributed by atoms with Crippen LogP contribution in [-0.2, 0) is 13.5 Å². The van der Waals surface area contributed by atoms with Crippen LogP contribution in [-0.4, -0.2) is 25.8 Å². The number of halogens is 1. The highest BCUT2D eigenvalue weighted by atomic mass is 35.5. The van der Waals surface area contributed by atoms with Crippen LogP contribution >= 0.6 is 11.6 Å². The fraction of sp³-hybridized carbons (Fsp3) is 0.364. The van der Waals surface area contributed by atoms with Crippen LogP contribution in [0.4, 0.5) is 0 Å². The number of pyridine rings is 1. The quantitative estimate of drug-likeness (QED) is 0.890. The second-order valence-electron chi connectivity index (χ2n) is 3.85. The highest BCUT2D eigenvalue weighted by Crippen LogP contribution is 2.35. The molecule has 0 saturated carbocycles. The number of nitrogens with zero attached hydrogens (tertiary/aromatic N) is 3. The summed E-state index contributed by atoms with van der Waals surface area (Å²) in [6.07, 6.45) is 0.799. The Kier molecular flexibility index (Phi) is 2.79. The highest BCUT2D eigenvalue weighted by Gasteiger charge is 2.27. The van der Waals surface area contributed by atoms with Gasteiger partial charge >= 0.3 is 5.97 Å². The minimum absolute atomic E-state index is 0.0913. The minimum atomic E-state index is -1.11. The summed E-state index contributed by atoms with van der Waals surface area (Å²) in [5.41, 5.74) is 2.23. The van der Waals surface area contributed by atoms with Gasteiger partial charge in [-0.15, -0.1) is 10.2 Å². The third-order valence-corrected chi connectivity index (χ3v) is 3.42. The molecule has 2 rings (SSSR count). The normalized spacial score (nSPS) is 11.1. The van der Waals surface area contributed by atoms with E-state index in [1.165, 1.54) is 0 Å². The van der Waals surface area contributed by atoms with E-state index in [0.717, 1.165) is 17.7 Å². The smallest absolute Gasteiger partial charge is 0.357 e. The van der Waals surface area contributed by atoms with Crippen LogP contribution < -0.4 is 0 Å². The van der Waals surface area contributed by atoms with E-state index >= 15 is 0 Å². The number of rotatable bonds is 2. The molecule has 0 bridgehead atoms. The predicted octanol–water partition coefficient (Wildman–Crippen LogP) is 2.14. The monoisotopic (exact) mass is 253 g/mol. The Morgan fingerprint density at radius 1 is 1.47 bits per heavy atom. The van der Waals surface area contributed by atoms with Crippen molar-refractivity contribution in [2.75, 3.05) is 0 Å². The van der Waals surface area contributed by atoms with Gasteiger partial charge in [-0.2, -0.15) is 0 Å². The summed E-state index contributed by atoms with van der Waals surface area (Å²) < 4.78 is 1.84. The van der Waals surface area contributed by atoms with E-state index in [0.29, 0.717) is 16.4 Å². The molecule has 0 atom stereocenters. The lowest BCUT2D eigenvalue weighted by atomic mass is 10.1. The van der Waals surface area contributed by atoms with Crippen LogP contribution in [0.2, 0.25) is 5.02 Å². The van der Waals surface area contributed by atoms with Crippen molar-refractivity contribution in [1.82, 2.24) is 14.8 Å². The van der Waals surface area contributed by atoms with Gasteiger partial charge in [0, 0.05) is 12.7 Å². The molecule has 90 valence electrons. The van der Waals surface area contributed by atoms with E-state index < -0.39 is 5.97 Å². The number of hydrogen-bond acceptors (Lipinski definition) is 3. The van der Waals surface area contributed by atoms with Crippen LogP contribution in [0, 0.1) is 6.92 Å². The van der Waals surface area contributed by atoms with Gasteiger partial charge in [0.15, 0.2) is 11.5 Å². The van der Waals surface area contributed by atoms with E-state index in [2.05, 4.69) is 10.2 Å². The largest absolute Gasteiger partial charge is 0.476 e. The first-order chi connectivity index (χ1) is 7.99. The molecule has 17 heavy (non-hydrogen) atoms. The van der Waals surface area contributed by atoms with E-state index in [9.17, 15) is 4.79 Å². The molecule has 2 aliphatic rings. The first-order valence-corrected chi connectivity index (χ1v) is 5.60. The van der Waals surface area contributed by atoms with E-state index in [1.807, 2.05) is 25.5 Å². The summed E-state index contributed by atoms with van der Waals surface area (Å²) in [6.45, 7) is 3.89. The molecule has 0 spiro atoms. The second-order valence-corrected chi connectivity index (χ2v) is 4.23. The van der Waals surface area contributed by atoms with Crippen molar-refractivity contribution in [3.63, 3.8) is 0 Å². The van der Waals surface area contributed by atoms with Crippen LogP contribution in [0.5, 0.6) is 0 Å². The molecule has 0 amide bonds. The Morgan fingerprint density at radius 3 is 2.65 bits per heavy atom. The molecule has 0 aromatic rings. The zero-order chi connectivity index (χ0) is 12.7. The van der Waals surface area contributed by atoms with Gasteiger partial charge in [0.05, 0.1) is 10.6 Å².